The molecule has 1 aliphatic heterocycles. The smallest absolute Gasteiger partial charge is 0.426 e. The predicted molar refractivity (Wildman–Crippen MR) is 103 cm³/mol. The molecule has 0 bridgehead atoms. The largest absolute Gasteiger partial charge is 0.483 e. The molecule has 1 heterocycles. The van der Waals surface area contributed by atoms with Gasteiger partial charge in [-0.2, -0.15) is 5.26 Å². The molecule has 142 valence electrons. The van der Waals surface area contributed by atoms with E-state index < -0.39 is 6.09 Å². The molecule has 0 fully saturated rings. The number of amides is 1. The van der Waals surface area contributed by atoms with Gasteiger partial charge in [0.05, 0.1) is 6.07 Å². The van der Waals surface area contributed by atoms with Crippen LogP contribution in [0.1, 0.15) is 39.7 Å². The van der Waals surface area contributed by atoms with Gasteiger partial charge < -0.3 is 9.47 Å². The van der Waals surface area contributed by atoms with E-state index in [1.165, 1.54) is 16.4 Å². The molecule has 0 radical (unpaired) electrons. The summed E-state index contributed by atoms with van der Waals surface area (Å²) in [5.74, 6) is 1.52. The van der Waals surface area contributed by atoms with E-state index in [-0.39, 0.29) is 5.60 Å². The quantitative estimate of drug-likeness (QED) is 0.661. The molecular formula is C19H27N3O3S. The Morgan fingerprint density at radius 1 is 1.46 bits per heavy atom. The van der Waals surface area contributed by atoms with Crippen LogP contribution in [0.4, 0.5) is 4.79 Å². The number of benzene rings is 1. The zero-order valence-electron chi connectivity index (χ0n) is 16.1. The van der Waals surface area contributed by atoms with Crippen LogP contribution in [0.5, 0.6) is 11.5 Å². The summed E-state index contributed by atoms with van der Waals surface area (Å²) in [6, 6.07) is 7.76. The highest BCUT2D eigenvalue weighted by molar-refractivity contribution is 7.95. The van der Waals surface area contributed by atoms with Gasteiger partial charge in [-0.3, -0.25) is 0 Å². The monoisotopic (exact) mass is 377 g/mol. The molecule has 0 saturated carbocycles. The third-order valence-electron chi connectivity index (χ3n) is 3.79. The van der Waals surface area contributed by atoms with Crippen molar-refractivity contribution in [3.63, 3.8) is 0 Å². The van der Waals surface area contributed by atoms with Gasteiger partial charge in [-0.25, -0.2) is 13.4 Å². The molecule has 0 spiro atoms. The number of nitrogens with zero attached hydrogens (tertiary/aromatic N) is 3. The minimum absolute atomic E-state index is 0.295. The summed E-state index contributed by atoms with van der Waals surface area (Å²) in [6.45, 7) is 9.60. The molecule has 7 heteroatoms. The number of fused-ring (bicyclic) bond motifs is 1. The van der Waals surface area contributed by atoms with Crippen LogP contribution in [0.15, 0.2) is 18.2 Å². The van der Waals surface area contributed by atoms with Crippen molar-refractivity contribution in [2.24, 2.45) is 5.92 Å². The molecule has 0 saturated heterocycles. The van der Waals surface area contributed by atoms with Crippen LogP contribution in [0.25, 0.3) is 0 Å². The summed E-state index contributed by atoms with van der Waals surface area (Å²) < 4.78 is 15.0. The van der Waals surface area contributed by atoms with Crippen molar-refractivity contribution in [3.8, 4) is 17.6 Å². The van der Waals surface area contributed by atoms with Gasteiger partial charge >= 0.3 is 6.09 Å². The Morgan fingerprint density at radius 2 is 2.19 bits per heavy atom. The maximum atomic E-state index is 12.5. The standard InChI is InChI=1S/C19H27N3O3S/c1-14(2)13-22(11-7-10-20)26-21(5)18(23)24-16-9-6-8-15-12-19(3,4)25-17(15)16/h6,8-9,14H,7,11-13H2,1-5H3. The fourth-order valence-corrected chi connectivity index (χ4v) is 3.77. The van der Waals surface area contributed by atoms with Gasteiger partial charge in [-0.05, 0) is 25.8 Å². The Labute approximate surface area is 160 Å². The van der Waals surface area contributed by atoms with Gasteiger partial charge in [0.15, 0.2) is 11.5 Å². The Bertz CT molecular complexity index is 685. The lowest BCUT2D eigenvalue weighted by molar-refractivity contribution is 0.131. The summed E-state index contributed by atoms with van der Waals surface area (Å²) in [7, 11) is 1.67. The maximum absolute atomic E-state index is 12.5. The Balaban J connectivity index is 2.01. The van der Waals surface area contributed by atoms with E-state index in [4.69, 9.17) is 14.7 Å². The van der Waals surface area contributed by atoms with Crippen LogP contribution < -0.4 is 9.47 Å². The number of rotatable bonds is 7. The predicted octanol–water partition coefficient (Wildman–Crippen LogP) is 4.27. The first kappa shape index (κ1) is 20.4. The van der Waals surface area contributed by atoms with Gasteiger partial charge in [0, 0.05) is 50.7 Å². The molecule has 2 rings (SSSR count). The number of carbonyl (C=O) groups is 1. The number of ether oxygens (including phenoxy) is 2. The molecule has 0 N–H and O–H groups in total. The van der Waals surface area contributed by atoms with Crippen molar-refractivity contribution >= 4 is 18.2 Å². The SMILES string of the molecule is CC(C)CN(CCC#N)SN(C)C(=O)Oc1cccc2c1OC(C)(C)C2. The average molecular weight is 378 g/mol. The molecule has 1 amide bonds. The lowest BCUT2D eigenvalue weighted by Gasteiger charge is -2.26. The molecular weight excluding hydrogens is 350 g/mol. The fourth-order valence-electron chi connectivity index (χ4n) is 2.78. The van der Waals surface area contributed by atoms with Crippen molar-refractivity contribution in [1.29, 1.82) is 5.26 Å². The van der Waals surface area contributed by atoms with Crippen LogP contribution >= 0.6 is 12.1 Å². The number of para-hydroxylation sites is 1. The molecule has 1 aliphatic rings. The summed E-state index contributed by atoms with van der Waals surface area (Å²) >= 11 is 1.27. The zero-order chi connectivity index (χ0) is 19.3. The van der Waals surface area contributed by atoms with Crippen molar-refractivity contribution in [3.05, 3.63) is 23.8 Å². The topological polar surface area (TPSA) is 65.8 Å². The zero-order valence-corrected chi connectivity index (χ0v) is 16.9. The molecule has 0 unspecified atom stereocenters. The second kappa shape index (κ2) is 8.65. The van der Waals surface area contributed by atoms with E-state index in [1.54, 1.807) is 13.1 Å². The number of carbonyl (C=O) groups excluding carboxylic acids is 1. The molecule has 0 aliphatic carbocycles. The Morgan fingerprint density at radius 3 is 2.85 bits per heavy atom. The van der Waals surface area contributed by atoms with Crippen LogP contribution in [0.2, 0.25) is 0 Å². The van der Waals surface area contributed by atoms with Crippen molar-refractivity contribution in [2.45, 2.75) is 46.1 Å². The number of hydrogen-bond acceptors (Lipinski definition) is 6. The van der Waals surface area contributed by atoms with E-state index >= 15 is 0 Å². The number of nitriles is 1. The van der Waals surface area contributed by atoms with Crippen LogP contribution in [0.3, 0.4) is 0 Å². The van der Waals surface area contributed by atoms with Crippen LogP contribution in [0, 0.1) is 17.2 Å². The van der Waals surface area contributed by atoms with Gasteiger partial charge in [0.1, 0.15) is 5.60 Å². The normalized spacial score (nSPS) is 14.7. The van der Waals surface area contributed by atoms with Crippen molar-refractivity contribution in [1.82, 2.24) is 8.61 Å². The average Bonchev–Trinajstić information content (AvgIpc) is 2.87. The number of hydrogen-bond donors (Lipinski definition) is 0. The van der Waals surface area contributed by atoms with E-state index in [2.05, 4.69) is 19.9 Å². The minimum Gasteiger partial charge on any atom is -0.483 e. The molecule has 1 aromatic carbocycles. The van der Waals surface area contributed by atoms with Crippen molar-refractivity contribution in [2.75, 3.05) is 20.1 Å². The lowest BCUT2D eigenvalue weighted by atomic mass is 10.0. The minimum atomic E-state index is -0.470. The van der Waals surface area contributed by atoms with E-state index in [0.717, 1.165) is 18.5 Å². The third-order valence-corrected chi connectivity index (χ3v) is 4.75. The summed E-state index contributed by atoms with van der Waals surface area (Å²) in [5.41, 5.74) is 0.752. The van der Waals surface area contributed by atoms with Gasteiger partial charge in [-0.1, -0.05) is 26.0 Å². The first-order valence-electron chi connectivity index (χ1n) is 8.78. The lowest BCUT2D eigenvalue weighted by Crippen LogP contribution is -2.32. The van der Waals surface area contributed by atoms with Gasteiger partial charge in [0.25, 0.3) is 0 Å². The summed E-state index contributed by atoms with van der Waals surface area (Å²) in [4.78, 5) is 12.5. The van der Waals surface area contributed by atoms with Crippen LogP contribution in [-0.2, 0) is 6.42 Å². The van der Waals surface area contributed by atoms with Crippen LogP contribution in [-0.4, -0.2) is 40.4 Å². The second-order valence-electron chi connectivity index (χ2n) is 7.42. The second-order valence-corrected chi connectivity index (χ2v) is 8.65. The molecule has 26 heavy (non-hydrogen) atoms. The molecule has 6 nitrogen and oxygen atoms in total. The highest BCUT2D eigenvalue weighted by Gasteiger charge is 2.33. The van der Waals surface area contributed by atoms with E-state index in [1.807, 2.05) is 30.3 Å². The molecule has 0 atom stereocenters. The summed E-state index contributed by atoms with van der Waals surface area (Å²) in [5, 5.41) is 8.81. The van der Waals surface area contributed by atoms with Crippen molar-refractivity contribution < 1.29 is 14.3 Å². The maximum Gasteiger partial charge on any atom is 0.426 e. The van der Waals surface area contributed by atoms with E-state index in [9.17, 15) is 4.79 Å². The first-order valence-corrected chi connectivity index (χ1v) is 9.51. The van der Waals surface area contributed by atoms with Gasteiger partial charge in [-0.15, -0.1) is 0 Å². The molecule has 0 aromatic heterocycles. The summed E-state index contributed by atoms with van der Waals surface area (Å²) in [6.07, 6.45) is 0.731. The first-order chi connectivity index (χ1) is 12.2. The fraction of sp³-hybridized carbons (Fsp3) is 0.579. The van der Waals surface area contributed by atoms with E-state index in [0.29, 0.717) is 30.4 Å². The molecule has 1 aromatic rings. The Hall–Kier alpha value is -1.91. The third kappa shape index (κ3) is 5.55. The Kier molecular flexibility index (Phi) is 6.79. The highest BCUT2D eigenvalue weighted by Crippen LogP contribution is 2.42. The van der Waals surface area contributed by atoms with Gasteiger partial charge in [0.2, 0.25) is 0 Å². The highest BCUT2D eigenvalue weighted by atomic mass is 32.2.